The summed E-state index contributed by atoms with van der Waals surface area (Å²) in [5, 5.41) is 43.2. The Morgan fingerprint density at radius 3 is 0.782 bits per heavy atom. The minimum atomic E-state index is -1.44. The maximum Gasteiger partial charge on any atom is 0.338 e. The summed E-state index contributed by atoms with van der Waals surface area (Å²) in [6.45, 7) is 6.29. The van der Waals surface area contributed by atoms with E-state index in [2.05, 4.69) is 0 Å². The van der Waals surface area contributed by atoms with Gasteiger partial charge in [-0.25, -0.2) is 47.9 Å². The summed E-state index contributed by atoms with van der Waals surface area (Å²) in [6.07, 6.45) is -20.4. The van der Waals surface area contributed by atoms with Gasteiger partial charge in [0.05, 0.1) is 106 Å². The highest BCUT2D eigenvalue weighted by Crippen LogP contribution is 2.35. The van der Waals surface area contributed by atoms with Crippen molar-refractivity contribution in [1.29, 1.82) is 0 Å². The van der Waals surface area contributed by atoms with Gasteiger partial charge in [0.25, 0.3) is 0 Å². The Hall–Kier alpha value is -15.1. The molecule has 30 nitrogen and oxygen atoms in total. The zero-order valence-corrected chi connectivity index (χ0v) is 77.8. The standard InChI is InChI=1S/2C28H26O8.2C28H28O7/c1-18-24(35-27(31)20-13-7-3-8-14-20)23(29)25(36-28(32)21-15-9-4-10-16-21)22(34-18)17-33-26(30)19-11-5-2-6-12-19;1-18-23(29)25(36-28(32)21-15-9-4-10-16-21)24(35-27(31)20-13-7-3-8-14-20)22(34-18)17-33-26(30)19-11-5-2-6-12-19;1-19-24(34-27(30)21-13-7-3-8-14-21)26(35-28(31)22-15-9-4-10-16-22)25(23(17-29)33-19)32-18-20-11-5-2-6-12-20;1-19-25(34-27(30)21-13-7-3-8-14-21)26(35-28(31)22-15-9-4-10-16-22)24(29)23(33-19)18-32-17-20-11-5-2-6-12-20/h2*2-16,18,22-25,29H,17H2,1H3;2*2-16,19,23-26,29H,17-18H2,1H3/t18-,22?,23+,24?,25+;18-,22?,23?,24+,25+;19-,23?,24?,25+,26+;19-,23?,24+,25?,26-/m0000/s1. The van der Waals surface area contributed by atoms with E-state index in [4.69, 9.17) is 75.8 Å². The molecule has 20 atom stereocenters. The third-order valence-electron chi connectivity index (χ3n) is 23.2. The number of carbonyl (C=O) groups excluding carboxylic acids is 10. The van der Waals surface area contributed by atoms with Crippen LogP contribution in [0.2, 0.25) is 0 Å². The van der Waals surface area contributed by atoms with Gasteiger partial charge >= 0.3 is 59.7 Å². The van der Waals surface area contributed by atoms with E-state index in [1.54, 1.807) is 331 Å². The molecule has 30 heteroatoms. The molecule has 0 bridgehead atoms. The molecule has 0 amide bonds. The highest BCUT2D eigenvalue weighted by Gasteiger charge is 2.54. The molecule has 0 spiro atoms. The number of aliphatic hydroxyl groups is 4. The number of aliphatic hydroxyl groups excluding tert-OH is 4. The van der Waals surface area contributed by atoms with Crippen LogP contribution in [-0.2, 0) is 89.0 Å². The summed E-state index contributed by atoms with van der Waals surface area (Å²) in [6, 6.07) is 103. The van der Waals surface area contributed by atoms with Gasteiger partial charge in [-0.3, -0.25) is 0 Å². The van der Waals surface area contributed by atoms with Crippen LogP contribution in [0.3, 0.4) is 0 Å². The van der Waals surface area contributed by atoms with Crippen molar-refractivity contribution in [2.45, 2.75) is 163 Å². The predicted octanol–water partition coefficient (Wildman–Crippen LogP) is 14.5. The van der Waals surface area contributed by atoms with Crippen LogP contribution in [0.1, 0.15) is 142 Å². The molecular weight excluding hydrogens is 1830 g/mol. The summed E-state index contributed by atoms with van der Waals surface area (Å²) >= 11 is 0. The van der Waals surface area contributed by atoms with Crippen molar-refractivity contribution in [3.63, 3.8) is 0 Å². The first-order valence-corrected chi connectivity index (χ1v) is 46.0. The van der Waals surface area contributed by atoms with E-state index in [0.29, 0.717) is 45.6 Å². The topological polar surface area (TPSA) is 399 Å². The lowest BCUT2D eigenvalue weighted by atomic mass is 9.94. The van der Waals surface area contributed by atoms with Gasteiger partial charge < -0.3 is 96.2 Å². The number of hydrogen-bond donors (Lipinski definition) is 4. The van der Waals surface area contributed by atoms with Crippen molar-refractivity contribution in [3.05, 3.63) is 431 Å². The van der Waals surface area contributed by atoms with E-state index in [1.165, 1.54) is 0 Å². The molecule has 4 heterocycles. The first-order valence-electron chi connectivity index (χ1n) is 46.0. The fourth-order valence-electron chi connectivity index (χ4n) is 15.8. The fourth-order valence-corrected chi connectivity index (χ4v) is 15.8. The van der Waals surface area contributed by atoms with Crippen LogP contribution in [0.5, 0.6) is 0 Å². The van der Waals surface area contributed by atoms with Gasteiger partial charge in [-0.15, -0.1) is 0 Å². The second-order valence-corrected chi connectivity index (χ2v) is 33.3. The Bertz CT molecular complexity index is 5970. The van der Waals surface area contributed by atoms with Crippen LogP contribution in [0.15, 0.2) is 364 Å². The summed E-state index contributed by atoms with van der Waals surface area (Å²) < 4.78 is 92.1. The average Bonchev–Trinajstić information content (AvgIpc) is 0.752. The van der Waals surface area contributed by atoms with E-state index in [9.17, 15) is 68.4 Å². The first kappa shape index (κ1) is 104. The Labute approximate surface area is 819 Å². The SMILES string of the molecule is C[C@@H]1OC(CO)[C@@H](OCc2ccccc2)[C@H](OC(=O)c2ccccc2)C1OC(=O)c1ccccc1.C[C@@H]1OC(COC(=O)c2ccccc2)[C@@H](OC(=O)c2ccccc2)[C@H](O)C1OC(=O)c1ccccc1.C[C@@H]1OC(COC(=O)c2ccccc2)[C@@H](OC(=O)c2ccccc2)[C@H](OC(=O)c2ccccc2)C1O.C[C@@H]1OC(COCc2ccccc2)[C@@H](O)[C@H](OC(=O)c2ccccc2)C1OC(=O)c1ccccc1. The maximum atomic E-state index is 13.0. The smallest absolute Gasteiger partial charge is 0.338 e. The lowest BCUT2D eigenvalue weighted by molar-refractivity contribution is -0.239. The zero-order chi connectivity index (χ0) is 100. The number of hydrogen-bond acceptors (Lipinski definition) is 30. The lowest BCUT2D eigenvalue weighted by Gasteiger charge is -2.44. The van der Waals surface area contributed by atoms with Gasteiger partial charge in [-0.2, -0.15) is 0 Å². The third kappa shape index (κ3) is 29.3. The van der Waals surface area contributed by atoms with E-state index in [-0.39, 0.29) is 49.7 Å². The minimum absolute atomic E-state index is 0.0686. The van der Waals surface area contributed by atoms with E-state index in [0.717, 1.165) is 11.1 Å². The molecule has 12 aromatic carbocycles. The van der Waals surface area contributed by atoms with Crippen molar-refractivity contribution in [2.75, 3.05) is 26.4 Å². The average molecular weight is 1930 g/mol. The molecule has 4 aliphatic heterocycles. The van der Waals surface area contributed by atoms with E-state index in [1.807, 2.05) is 60.7 Å². The van der Waals surface area contributed by atoms with E-state index < -0.39 is 182 Å². The molecule has 4 N–H and O–H groups in total. The van der Waals surface area contributed by atoms with Crippen molar-refractivity contribution in [2.24, 2.45) is 0 Å². The van der Waals surface area contributed by atoms with Crippen molar-refractivity contribution < 1.29 is 144 Å². The number of rotatable bonds is 30. The quantitative estimate of drug-likeness (QED) is 0.0240. The van der Waals surface area contributed by atoms with Gasteiger partial charge in [0, 0.05) is 0 Å². The maximum absolute atomic E-state index is 13.0. The van der Waals surface area contributed by atoms with Crippen LogP contribution in [0.4, 0.5) is 0 Å². The van der Waals surface area contributed by atoms with Crippen LogP contribution in [0.25, 0.3) is 0 Å². The Balaban J connectivity index is 0.000000159. The molecule has 4 aliphatic rings. The summed E-state index contributed by atoms with van der Waals surface area (Å²) in [5.74, 6) is -6.34. The van der Waals surface area contributed by atoms with Crippen LogP contribution < -0.4 is 0 Å². The number of esters is 10. The molecule has 4 fully saturated rings. The lowest BCUT2D eigenvalue weighted by Crippen LogP contribution is -2.61. The molecule has 0 saturated carbocycles. The number of carbonyl (C=O) groups is 10. The molecule has 0 radical (unpaired) electrons. The number of benzene rings is 12. The second kappa shape index (κ2) is 52.8. The monoisotopic (exact) mass is 1930 g/mol. The first-order chi connectivity index (χ1) is 69.0. The molecule has 16 rings (SSSR count). The van der Waals surface area contributed by atoms with Gasteiger partial charge in [0.15, 0.2) is 48.8 Å². The molecule has 4 saturated heterocycles. The van der Waals surface area contributed by atoms with Crippen LogP contribution in [0, 0.1) is 0 Å². The molecular formula is C112H108O30. The van der Waals surface area contributed by atoms with Crippen molar-refractivity contribution >= 4 is 59.7 Å². The Morgan fingerprint density at radius 1 is 0.218 bits per heavy atom. The van der Waals surface area contributed by atoms with Crippen molar-refractivity contribution in [1.82, 2.24) is 0 Å². The normalized spacial score (nSPS) is 23.6. The fraction of sp³-hybridized carbons (Fsp3) is 0.268. The van der Waals surface area contributed by atoms with Gasteiger partial charge in [-0.05, 0) is 160 Å². The third-order valence-corrected chi connectivity index (χ3v) is 23.2. The molecule has 736 valence electrons. The molecule has 8 unspecified atom stereocenters. The Morgan fingerprint density at radius 2 is 0.451 bits per heavy atom. The second-order valence-electron chi connectivity index (χ2n) is 33.3. The largest absolute Gasteiger partial charge is 0.459 e. The summed E-state index contributed by atoms with van der Waals surface area (Å²) in [5.41, 5.74) is 5.03. The van der Waals surface area contributed by atoms with E-state index >= 15 is 0 Å². The Kier molecular flexibility index (Phi) is 38.8. The highest BCUT2D eigenvalue weighted by molar-refractivity contribution is 5.94. The highest BCUT2D eigenvalue weighted by atomic mass is 16.7. The minimum Gasteiger partial charge on any atom is -0.459 e. The van der Waals surface area contributed by atoms with Crippen molar-refractivity contribution in [3.8, 4) is 0 Å². The molecule has 12 aromatic rings. The molecule has 142 heavy (non-hydrogen) atoms. The summed E-state index contributed by atoms with van der Waals surface area (Å²) in [4.78, 5) is 128. The molecule has 0 aromatic heterocycles. The zero-order valence-electron chi connectivity index (χ0n) is 77.8. The van der Waals surface area contributed by atoms with Gasteiger partial charge in [0.2, 0.25) is 0 Å². The van der Waals surface area contributed by atoms with Crippen LogP contribution in [-0.4, -0.2) is 229 Å². The predicted molar refractivity (Wildman–Crippen MR) is 512 cm³/mol. The van der Waals surface area contributed by atoms with Gasteiger partial charge in [0.1, 0.15) is 62.0 Å². The summed E-state index contributed by atoms with van der Waals surface area (Å²) in [7, 11) is 0. The number of ether oxygens (including phenoxy) is 16. The van der Waals surface area contributed by atoms with Crippen LogP contribution >= 0.6 is 0 Å². The van der Waals surface area contributed by atoms with Gasteiger partial charge in [-0.1, -0.05) is 243 Å². The molecule has 0 aliphatic carbocycles.